The number of rotatable bonds is 4. The van der Waals surface area contributed by atoms with E-state index in [-0.39, 0.29) is 11.5 Å². The molecule has 1 aromatic carbocycles. The third kappa shape index (κ3) is 4.08. The van der Waals surface area contributed by atoms with Gasteiger partial charge in [0.25, 0.3) is 0 Å². The predicted molar refractivity (Wildman–Crippen MR) is 116 cm³/mol. The number of likely N-dealkylation sites (tertiary alicyclic amines) is 2. The normalized spacial score (nSPS) is 23.7. The quantitative estimate of drug-likeness (QED) is 0.735. The Kier molecular flexibility index (Phi) is 5.35. The topological polar surface area (TPSA) is 32.8 Å². The largest absolute Gasteiger partial charge is 0.487 e. The van der Waals surface area contributed by atoms with Gasteiger partial charge in [-0.05, 0) is 55.2 Å². The number of benzene rings is 1. The van der Waals surface area contributed by atoms with Crippen molar-refractivity contribution in [3.8, 4) is 5.75 Å². The first-order valence-electron chi connectivity index (χ1n) is 11.0. The molecule has 0 N–H and O–H groups in total. The van der Waals surface area contributed by atoms with E-state index >= 15 is 0 Å². The van der Waals surface area contributed by atoms with Crippen molar-refractivity contribution >= 4 is 17.2 Å². The zero-order valence-corrected chi connectivity index (χ0v) is 17.8. The molecule has 1 spiro atoms. The van der Waals surface area contributed by atoms with E-state index < -0.39 is 0 Å². The van der Waals surface area contributed by atoms with Crippen molar-refractivity contribution in [1.29, 1.82) is 0 Å². The highest BCUT2D eigenvalue weighted by Gasteiger charge is 2.43. The van der Waals surface area contributed by atoms with Crippen LogP contribution >= 0.6 is 11.3 Å². The Morgan fingerprint density at radius 3 is 2.62 bits per heavy atom. The predicted octanol–water partition coefficient (Wildman–Crippen LogP) is 4.66. The second kappa shape index (κ2) is 8.11. The maximum atomic E-state index is 12.9. The van der Waals surface area contributed by atoms with Crippen molar-refractivity contribution in [2.45, 2.75) is 56.6 Å². The van der Waals surface area contributed by atoms with Gasteiger partial charge in [-0.3, -0.25) is 9.69 Å². The van der Waals surface area contributed by atoms with Crippen LogP contribution in [0, 0.1) is 0 Å². The average Bonchev–Trinajstić information content (AvgIpc) is 3.44. The van der Waals surface area contributed by atoms with Gasteiger partial charge in [-0.2, -0.15) is 0 Å². The Morgan fingerprint density at radius 1 is 1.07 bits per heavy atom. The molecule has 2 saturated heterocycles. The smallest absolute Gasteiger partial charge is 0.223 e. The van der Waals surface area contributed by atoms with Crippen LogP contribution < -0.4 is 4.74 Å². The number of hydrogen-bond acceptors (Lipinski definition) is 4. The molecule has 0 bridgehead atoms. The molecule has 0 aliphatic carbocycles. The molecular formula is C24H30N2O2S. The molecule has 5 heteroatoms. The molecular weight excluding hydrogens is 380 g/mol. The zero-order valence-electron chi connectivity index (χ0n) is 17.0. The van der Waals surface area contributed by atoms with Gasteiger partial charge < -0.3 is 9.64 Å². The highest BCUT2D eigenvalue weighted by atomic mass is 32.1. The van der Waals surface area contributed by atoms with E-state index in [1.54, 1.807) is 0 Å². The number of ether oxygens (including phenoxy) is 1. The van der Waals surface area contributed by atoms with Crippen molar-refractivity contribution < 1.29 is 9.53 Å². The Bertz CT molecular complexity index is 836. The van der Waals surface area contributed by atoms with Gasteiger partial charge in [-0.1, -0.05) is 24.3 Å². The first-order valence-corrected chi connectivity index (χ1v) is 11.9. The van der Waals surface area contributed by atoms with Crippen LogP contribution in [0.1, 0.15) is 54.9 Å². The van der Waals surface area contributed by atoms with Crippen LogP contribution in [-0.2, 0) is 11.3 Å². The van der Waals surface area contributed by atoms with Crippen LogP contribution in [0.3, 0.4) is 0 Å². The molecule has 2 fully saturated rings. The van der Waals surface area contributed by atoms with E-state index in [1.807, 2.05) is 11.3 Å². The van der Waals surface area contributed by atoms with Gasteiger partial charge in [-0.15, -0.1) is 11.3 Å². The number of hydrogen-bond donors (Lipinski definition) is 0. The fourth-order valence-electron chi connectivity index (χ4n) is 5.28. The zero-order chi connectivity index (χ0) is 19.7. The lowest BCUT2D eigenvalue weighted by Gasteiger charge is -2.47. The van der Waals surface area contributed by atoms with Gasteiger partial charge in [-0.25, -0.2) is 0 Å². The summed E-state index contributed by atoms with van der Waals surface area (Å²) in [5, 5.41) is 2.16. The molecule has 3 aliphatic heterocycles. The second-order valence-corrected chi connectivity index (χ2v) is 9.90. The lowest BCUT2D eigenvalue weighted by atomic mass is 9.76. The van der Waals surface area contributed by atoms with Crippen molar-refractivity contribution in [1.82, 2.24) is 9.80 Å². The summed E-state index contributed by atoms with van der Waals surface area (Å²) in [6.45, 7) is 5.04. The molecule has 2 aromatic rings. The summed E-state index contributed by atoms with van der Waals surface area (Å²) >= 11 is 1.84. The van der Waals surface area contributed by atoms with Crippen LogP contribution in [-0.4, -0.2) is 47.5 Å². The number of para-hydroxylation sites is 1. The third-order valence-electron chi connectivity index (χ3n) is 6.91. The summed E-state index contributed by atoms with van der Waals surface area (Å²) in [5.41, 5.74) is 1.11. The number of nitrogens with zero attached hydrogens (tertiary/aromatic N) is 2. The monoisotopic (exact) mass is 410 g/mol. The van der Waals surface area contributed by atoms with Crippen molar-refractivity contribution in [2.75, 3.05) is 26.2 Å². The molecule has 1 aromatic heterocycles. The second-order valence-electron chi connectivity index (χ2n) is 8.87. The first kappa shape index (κ1) is 19.1. The Morgan fingerprint density at radius 2 is 1.86 bits per heavy atom. The lowest BCUT2D eigenvalue weighted by Crippen LogP contribution is -2.50. The van der Waals surface area contributed by atoms with Gasteiger partial charge in [0.05, 0.1) is 0 Å². The fourth-order valence-corrected chi connectivity index (χ4v) is 6.03. The number of amides is 1. The summed E-state index contributed by atoms with van der Waals surface area (Å²) in [7, 11) is 0. The minimum Gasteiger partial charge on any atom is -0.487 e. The van der Waals surface area contributed by atoms with E-state index in [0.717, 1.165) is 70.6 Å². The van der Waals surface area contributed by atoms with Crippen LogP contribution in [0.15, 0.2) is 41.8 Å². The molecule has 0 unspecified atom stereocenters. The van der Waals surface area contributed by atoms with E-state index in [1.165, 1.54) is 10.4 Å². The van der Waals surface area contributed by atoms with Crippen LogP contribution in [0.25, 0.3) is 0 Å². The Labute approximate surface area is 177 Å². The summed E-state index contributed by atoms with van der Waals surface area (Å²) in [5.74, 6) is 1.61. The van der Waals surface area contributed by atoms with Gasteiger partial charge >= 0.3 is 0 Å². The maximum absolute atomic E-state index is 12.9. The standard InChI is InChI=1S/C24H30N2O2S/c27-23(26-11-3-4-12-26)16-19-17-24(28-22-8-2-1-7-21(19)22)9-13-25(14-10-24)18-20-6-5-15-29-20/h1-2,5-8,15,19H,3-4,9-14,16-18H2/t19-/m1/s1. The minimum absolute atomic E-state index is 0.115. The molecule has 4 nitrogen and oxygen atoms in total. The highest BCUT2D eigenvalue weighted by molar-refractivity contribution is 7.09. The Balaban J connectivity index is 1.29. The molecule has 29 heavy (non-hydrogen) atoms. The van der Waals surface area contributed by atoms with Gasteiger partial charge in [0.2, 0.25) is 5.91 Å². The number of thiophene rings is 1. The van der Waals surface area contributed by atoms with Crippen LogP contribution in [0.2, 0.25) is 0 Å². The summed E-state index contributed by atoms with van der Waals surface area (Å²) in [6, 6.07) is 12.8. The third-order valence-corrected chi connectivity index (χ3v) is 7.77. The van der Waals surface area contributed by atoms with E-state index in [0.29, 0.717) is 12.3 Å². The minimum atomic E-state index is -0.115. The van der Waals surface area contributed by atoms with E-state index in [4.69, 9.17) is 4.74 Å². The summed E-state index contributed by atoms with van der Waals surface area (Å²) < 4.78 is 6.63. The molecule has 0 radical (unpaired) electrons. The molecule has 1 atom stereocenters. The van der Waals surface area contributed by atoms with Gasteiger partial charge in [0, 0.05) is 49.9 Å². The van der Waals surface area contributed by atoms with Gasteiger partial charge in [0.1, 0.15) is 11.4 Å². The van der Waals surface area contributed by atoms with Crippen molar-refractivity contribution in [2.24, 2.45) is 0 Å². The van der Waals surface area contributed by atoms with Gasteiger partial charge in [0.15, 0.2) is 0 Å². The molecule has 1 amide bonds. The van der Waals surface area contributed by atoms with Crippen LogP contribution in [0.4, 0.5) is 0 Å². The van der Waals surface area contributed by atoms with E-state index in [2.05, 4.69) is 51.6 Å². The molecule has 4 heterocycles. The Hall–Kier alpha value is -1.85. The molecule has 5 rings (SSSR count). The SMILES string of the molecule is O=C(C[C@@H]1CC2(CCN(Cc3cccs3)CC2)Oc2ccccc21)N1CCCC1. The summed E-state index contributed by atoms with van der Waals surface area (Å²) in [4.78, 5) is 18.9. The lowest BCUT2D eigenvalue weighted by molar-refractivity contribution is -0.131. The van der Waals surface area contributed by atoms with Crippen LogP contribution in [0.5, 0.6) is 5.75 Å². The molecule has 0 saturated carbocycles. The molecule has 154 valence electrons. The first-order chi connectivity index (χ1) is 14.2. The van der Waals surface area contributed by atoms with E-state index in [9.17, 15) is 4.79 Å². The maximum Gasteiger partial charge on any atom is 0.223 e. The fraction of sp³-hybridized carbons (Fsp3) is 0.542. The number of carbonyl (C=O) groups is 1. The number of fused-ring (bicyclic) bond motifs is 1. The van der Waals surface area contributed by atoms with Crippen molar-refractivity contribution in [3.63, 3.8) is 0 Å². The summed E-state index contributed by atoms with van der Waals surface area (Å²) in [6.07, 6.45) is 5.99. The molecule has 3 aliphatic rings. The highest BCUT2D eigenvalue weighted by Crippen LogP contribution is 2.46. The average molecular weight is 411 g/mol. The number of piperidine rings is 1. The number of carbonyl (C=O) groups excluding carboxylic acids is 1. The van der Waals surface area contributed by atoms with Crippen molar-refractivity contribution in [3.05, 3.63) is 52.2 Å².